The third-order valence-electron chi connectivity index (χ3n) is 4.11. The third-order valence-corrected chi connectivity index (χ3v) is 4.11. The summed E-state index contributed by atoms with van der Waals surface area (Å²) in [6, 6.07) is 21.0. The number of rotatable bonds is 7. The zero-order valence-electron chi connectivity index (χ0n) is 13.2. The third kappa shape index (κ3) is 3.95. The Labute approximate surface area is 137 Å². The number of fused-ring (bicyclic) bond motifs is 1. The zero-order valence-corrected chi connectivity index (χ0v) is 13.2. The number of aromatic nitrogens is 1. The van der Waals surface area contributed by atoms with Crippen LogP contribution in [0.4, 0.5) is 0 Å². The van der Waals surface area contributed by atoms with Crippen molar-refractivity contribution in [3.8, 4) is 0 Å². The molecule has 1 aromatic heterocycles. The van der Waals surface area contributed by atoms with Crippen LogP contribution in [0.3, 0.4) is 0 Å². The molecule has 3 aromatic rings. The molecule has 0 amide bonds. The van der Waals surface area contributed by atoms with Crippen LogP contribution >= 0.6 is 0 Å². The molecule has 1 heterocycles. The normalized spacial score (nSPS) is 12.4. The highest BCUT2D eigenvalue weighted by molar-refractivity contribution is 5.81. The lowest BCUT2D eigenvalue weighted by molar-refractivity contribution is 0.275. The maximum atomic E-state index is 9.15. The van der Waals surface area contributed by atoms with Crippen LogP contribution in [-0.4, -0.2) is 16.7 Å². The van der Waals surface area contributed by atoms with Crippen LogP contribution in [0.5, 0.6) is 0 Å². The molecule has 0 aliphatic carbocycles. The topological polar surface area (TPSA) is 45.1 Å². The Morgan fingerprint density at radius 1 is 0.957 bits per heavy atom. The lowest BCUT2D eigenvalue weighted by atomic mass is 10.0. The molecule has 0 fully saturated rings. The number of hydrogen-bond acceptors (Lipinski definition) is 3. The van der Waals surface area contributed by atoms with E-state index in [2.05, 4.69) is 58.8 Å². The van der Waals surface area contributed by atoms with Gasteiger partial charge >= 0.3 is 0 Å². The van der Waals surface area contributed by atoms with Gasteiger partial charge in [-0.25, -0.2) is 0 Å². The van der Waals surface area contributed by atoms with Gasteiger partial charge in [-0.3, -0.25) is 4.98 Å². The number of para-hydroxylation sites is 1. The zero-order chi connectivity index (χ0) is 15.9. The monoisotopic (exact) mass is 306 g/mol. The van der Waals surface area contributed by atoms with E-state index in [1.807, 2.05) is 18.3 Å². The van der Waals surface area contributed by atoms with Crippen molar-refractivity contribution in [2.75, 3.05) is 6.61 Å². The fourth-order valence-corrected chi connectivity index (χ4v) is 2.91. The highest BCUT2D eigenvalue weighted by atomic mass is 16.2. The first-order valence-electron chi connectivity index (χ1n) is 8.10. The first-order valence-corrected chi connectivity index (χ1v) is 8.10. The second-order valence-corrected chi connectivity index (χ2v) is 5.70. The largest absolute Gasteiger partial charge is 0.396 e. The molecule has 0 bridgehead atoms. The average Bonchev–Trinajstić information content (AvgIpc) is 2.62. The lowest BCUT2D eigenvalue weighted by Gasteiger charge is -2.19. The number of pyridine rings is 1. The molecule has 0 aliphatic rings. The SMILES string of the molecule is OCCCC(NCc1cccc2cccnc12)c1ccccc1. The van der Waals surface area contributed by atoms with E-state index >= 15 is 0 Å². The van der Waals surface area contributed by atoms with Crippen LogP contribution in [0.2, 0.25) is 0 Å². The summed E-state index contributed by atoms with van der Waals surface area (Å²) in [4.78, 5) is 4.51. The Morgan fingerprint density at radius 2 is 1.78 bits per heavy atom. The standard InChI is InChI=1S/C20H22N2O/c23-14-6-12-19(16-7-2-1-3-8-16)22-15-18-10-4-9-17-11-5-13-21-20(17)18/h1-5,7-11,13,19,22-23H,6,12,14-15H2. The van der Waals surface area contributed by atoms with Gasteiger partial charge in [0.1, 0.15) is 0 Å². The molecule has 118 valence electrons. The minimum atomic E-state index is 0.223. The molecule has 1 unspecified atom stereocenters. The molecule has 3 nitrogen and oxygen atoms in total. The van der Waals surface area contributed by atoms with E-state index in [0.29, 0.717) is 0 Å². The molecule has 0 spiro atoms. The number of benzene rings is 2. The Balaban J connectivity index is 1.77. The number of nitrogens with zero attached hydrogens (tertiary/aromatic N) is 1. The van der Waals surface area contributed by atoms with Crippen LogP contribution in [-0.2, 0) is 6.54 Å². The summed E-state index contributed by atoms with van der Waals surface area (Å²) in [5, 5.41) is 13.9. The highest BCUT2D eigenvalue weighted by Crippen LogP contribution is 2.21. The van der Waals surface area contributed by atoms with Crippen molar-refractivity contribution in [2.24, 2.45) is 0 Å². The van der Waals surface area contributed by atoms with Crippen LogP contribution in [0.25, 0.3) is 10.9 Å². The van der Waals surface area contributed by atoms with Crippen molar-refractivity contribution < 1.29 is 5.11 Å². The fraction of sp³-hybridized carbons (Fsp3) is 0.250. The van der Waals surface area contributed by atoms with Crippen LogP contribution in [0.1, 0.15) is 30.0 Å². The van der Waals surface area contributed by atoms with Crippen molar-refractivity contribution in [3.05, 3.63) is 78.0 Å². The Hall–Kier alpha value is -2.23. The van der Waals surface area contributed by atoms with Crippen molar-refractivity contribution >= 4 is 10.9 Å². The summed E-state index contributed by atoms with van der Waals surface area (Å²) in [6.45, 7) is 0.986. The molecule has 0 saturated carbocycles. The van der Waals surface area contributed by atoms with Gasteiger partial charge in [0.25, 0.3) is 0 Å². The summed E-state index contributed by atoms with van der Waals surface area (Å²) in [5.41, 5.74) is 3.51. The van der Waals surface area contributed by atoms with Gasteiger partial charge in [-0.05, 0) is 30.0 Å². The summed E-state index contributed by atoms with van der Waals surface area (Å²) in [5.74, 6) is 0. The molecular formula is C20H22N2O. The van der Waals surface area contributed by atoms with E-state index in [9.17, 15) is 0 Å². The van der Waals surface area contributed by atoms with Crippen molar-refractivity contribution in [1.82, 2.24) is 10.3 Å². The Kier molecular flexibility index (Phi) is 5.35. The quantitative estimate of drug-likeness (QED) is 0.697. The van der Waals surface area contributed by atoms with E-state index in [0.717, 1.165) is 24.9 Å². The van der Waals surface area contributed by atoms with Crippen LogP contribution in [0, 0.1) is 0 Å². The number of aliphatic hydroxyl groups is 1. The molecule has 0 saturated heterocycles. The molecule has 0 radical (unpaired) electrons. The first-order chi connectivity index (χ1) is 11.4. The van der Waals surface area contributed by atoms with Crippen molar-refractivity contribution in [1.29, 1.82) is 0 Å². The molecule has 3 heteroatoms. The maximum Gasteiger partial charge on any atom is 0.0746 e. The summed E-state index contributed by atoms with van der Waals surface area (Å²) < 4.78 is 0. The molecule has 2 aromatic carbocycles. The minimum Gasteiger partial charge on any atom is -0.396 e. The summed E-state index contributed by atoms with van der Waals surface area (Å²) >= 11 is 0. The number of aliphatic hydroxyl groups excluding tert-OH is 1. The minimum absolute atomic E-state index is 0.223. The molecule has 1 atom stereocenters. The maximum absolute atomic E-state index is 9.15. The van der Waals surface area contributed by atoms with Gasteiger partial charge in [0.05, 0.1) is 5.52 Å². The second-order valence-electron chi connectivity index (χ2n) is 5.70. The van der Waals surface area contributed by atoms with E-state index < -0.39 is 0 Å². The van der Waals surface area contributed by atoms with E-state index in [4.69, 9.17) is 5.11 Å². The summed E-state index contributed by atoms with van der Waals surface area (Å²) in [7, 11) is 0. The Morgan fingerprint density at radius 3 is 2.61 bits per heavy atom. The van der Waals surface area contributed by atoms with Crippen molar-refractivity contribution in [2.45, 2.75) is 25.4 Å². The van der Waals surface area contributed by atoms with E-state index in [-0.39, 0.29) is 12.6 Å². The predicted molar refractivity (Wildman–Crippen MR) is 94.1 cm³/mol. The second kappa shape index (κ2) is 7.86. The average molecular weight is 306 g/mol. The molecule has 23 heavy (non-hydrogen) atoms. The lowest BCUT2D eigenvalue weighted by Crippen LogP contribution is -2.21. The number of nitrogens with one attached hydrogen (secondary N) is 1. The first kappa shape index (κ1) is 15.7. The predicted octanol–water partition coefficient (Wildman–Crippen LogP) is 3.84. The molecular weight excluding hydrogens is 284 g/mol. The fourth-order valence-electron chi connectivity index (χ4n) is 2.91. The van der Waals surface area contributed by atoms with Gasteiger partial charge in [-0.1, -0.05) is 54.6 Å². The molecule has 0 aliphatic heterocycles. The van der Waals surface area contributed by atoms with Crippen LogP contribution in [0.15, 0.2) is 66.9 Å². The van der Waals surface area contributed by atoms with Gasteiger partial charge in [0.15, 0.2) is 0 Å². The van der Waals surface area contributed by atoms with Crippen LogP contribution < -0.4 is 5.32 Å². The van der Waals surface area contributed by atoms with Gasteiger partial charge in [-0.2, -0.15) is 0 Å². The number of hydrogen-bond donors (Lipinski definition) is 2. The van der Waals surface area contributed by atoms with Gasteiger partial charge in [0, 0.05) is 30.8 Å². The Bertz CT molecular complexity index is 737. The van der Waals surface area contributed by atoms with Gasteiger partial charge in [-0.15, -0.1) is 0 Å². The van der Waals surface area contributed by atoms with E-state index in [1.165, 1.54) is 16.5 Å². The molecule has 2 N–H and O–H groups in total. The van der Waals surface area contributed by atoms with Gasteiger partial charge < -0.3 is 10.4 Å². The van der Waals surface area contributed by atoms with Gasteiger partial charge in [0.2, 0.25) is 0 Å². The highest BCUT2D eigenvalue weighted by Gasteiger charge is 2.11. The van der Waals surface area contributed by atoms with Crippen molar-refractivity contribution in [3.63, 3.8) is 0 Å². The smallest absolute Gasteiger partial charge is 0.0746 e. The molecule has 3 rings (SSSR count). The summed E-state index contributed by atoms with van der Waals surface area (Å²) in [6.07, 6.45) is 3.55. The van der Waals surface area contributed by atoms with E-state index in [1.54, 1.807) is 0 Å².